The van der Waals surface area contributed by atoms with E-state index in [9.17, 15) is 9.59 Å². The maximum atomic E-state index is 12.1. The first-order valence-electron chi connectivity index (χ1n) is 9.17. The summed E-state index contributed by atoms with van der Waals surface area (Å²) in [7, 11) is 4.02. The van der Waals surface area contributed by atoms with Gasteiger partial charge in [0.25, 0.3) is 5.56 Å². The highest BCUT2D eigenvalue weighted by molar-refractivity contribution is 5.79. The Balaban J connectivity index is 1.48. The van der Waals surface area contributed by atoms with Gasteiger partial charge in [-0.1, -0.05) is 30.3 Å². The minimum atomic E-state index is -0.123. The van der Waals surface area contributed by atoms with Crippen LogP contribution in [0, 0.1) is 0 Å². The average molecular weight is 363 g/mol. The molecule has 3 aromatic rings. The van der Waals surface area contributed by atoms with E-state index in [0.29, 0.717) is 24.9 Å². The number of anilines is 1. The monoisotopic (exact) mass is 363 g/mol. The minimum absolute atomic E-state index is 0.0347. The summed E-state index contributed by atoms with van der Waals surface area (Å²) in [6, 6.07) is 17.8. The summed E-state index contributed by atoms with van der Waals surface area (Å²) in [5.74, 6) is -0.0347. The van der Waals surface area contributed by atoms with E-state index in [1.807, 2.05) is 44.4 Å². The molecule has 5 nitrogen and oxygen atoms in total. The van der Waals surface area contributed by atoms with Gasteiger partial charge in [0.2, 0.25) is 5.91 Å². The number of carbonyl (C=O) groups is 1. The molecule has 3 rings (SSSR count). The first-order chi connectivity index (χ1) is 13.0. The van der Waals surface area contributed by atoms with Crippen molar-refractivity contribution in [1.29, 1.82) is 0 Å². The number of hydrogen-bond donors (Lipinski definition) is 2. The summed E-state index contributed by atoms with van der Waals surface area (Å²) in [6.45, 7) is 0.591. The van der Waals surface area contributed by atoms with E-state index in [0.717, 1.165) is 23.0 Å². The average Bonchev–Trinajstić information content (AvgIpc) is 2.66. The van der Waals surface area contributed by atoms with Gasteiger partial charge < -0.3 is 15.2 Å². The summed E-state index contributed by atoms with van der Waals surface area (Å²) < 4.78 is 0. The highest BCUT2D eigenvalue weighted by Crippen LogP contribution is 2.13. The second kappa shape index (κ2) is 8.54. The normalized spacial score (nSPS) is 10.7. The number of nitrogens with zero attached hydrogens (tertiary/aromatic N) is 1. The lowest BCUT2D eigenvalue weighted by Crippen LogP contribution is -2.26. The molecule has 0 aliphatic heterocycles. The van der Waals surface area contributed by atoms with Crippen LogP contribution in [0.25, 0.3) is 10.9 Å². The van der Waals surface area contributed by atoms with Gasteiger partial charge in [-0.05, 0) is 48.1 Å². The van der Waals surface area contributed by atoms with Crippen molar-refractivity contribution >= 4 is 22.5 Å². The molecule has 0 aliphatic rings. The lowest BCUT2D eigenvalue weighted by Gasteiger charge is -2.12. The number of carbonyl (C=O) groups excluding carboxylic acids is 1. The van der Waals surface area contributed by atoms with Gasteiger partial charge in [0.15, 0.2) is 0 Å². The van der Waals surface area contributed by atoms with Crippen LogP contribution in [0.2, 0.25) is 0 Å². The Kier molecular flexibility index (Phi) is 5.91. The lowest BCUT2D eigenvalue weighted by molar-refractivity contribution is -0.121. The predicted molar refractivity (Wildman–Crippen MR) is 110 cm³/mol. The molecule has 0 spiro atoms. The molecule has 0 atom stereocenters. The minimum Gasteiger partial charge on any atom is -0.378 e. The van der Waals surface area contributed by atoms with Gasteiger partial charge in [-0.2, -0.15) is 0 Å². The Morgan fingerprint density at radius 3 is 2.52 bits per heavy atom. The highest BCUT2D eigenvalue weighted by Gasteiger charge is 2.07. The Labute approximate surface area is 159 Å². The SMILES string of the molecule is CN(C)c1ccc(CCNC(=O)CCc2cc3ccccc3[nH]c2=O)cc1. The summed E-state index contributed by atoms with van der Waals surface area (Å²) in [5, 5.41) is 3.91. The van der Waals surface area contributed by atoms with Crippen molar-refractivity contribution in [3.8, 4) is 0 Å². The van der Waals surface area contributed by atoms with Gasteiger partial charge in [-0.15, -0.1) is 0 Å². The van der Waals surface area contributed by atoms with E-state index in [1.165, 1.54) is 5.56 Å². The highest BCUT2D eigenvalue weighted by atomic mass is 16.1. The number of hydrogen-bond acceptors (Lipinski definition) is 3. The molecule has 2 N–H and O–H groups in total. The third-order valence-electron chi connectivity index (χ3n) is 4.64. The second-order valence-corrected chi connectivity index (χ2v) is 6.87. The van der Waals surface area contributed by atoms with Crippen molar-refractivity contribution in [3.05, 3.63) is 76.1 Å². The molecular weight excluding hydrogens is 338 g/mol. The van der Waals surface area contributed by atoms with E-state index < -0.39 is 0 Å². The third-order valence-corrected chi connectivity index (χ3v) is 4.64. The molecule has 1 heterocycles. The molecule has 1 amide bonds. The maximum Gasteiger partial charge on any atom is 0.251 e. The predicted octanol–water partition coefficient (Wildman–Crippen LogP) is 2.89. The molecule has 0 fully saturated rings. The smallest absolute Gasteiger partial charge is 0.251 e. The Hall–Kier alpha value is -3.08. The molecular formula is C22H25N3O2. The van der Waals surface area contributed by atoms with Crippen LogP contribution in [-0.2, 0) is 17.6 Å². The van der Waals surface area contributed by atoms with Gasteiger partial charge >= 0.3 is 0 Å². The number of pyridine rings is 1. The van der Waals surface area contributed by atoms with E-state index in [1.54, 1.807) is 0 Å². The van der Waals surface area contributed by atoms with Crippen molar-refractivity contribution in [1.82, 2.24) is 10.3 Å². The number of H-pyrrole nitrogens is 1. The first-order valence-corrected chi connectivity index (χ1v) is 9.17. The fourth-order valence-corrected chi connectivity index (χ4v) is 3.02. The van der Waals surface area contributed by atoms with Crippen molar-refractivity contribution in [2.24, 2.45) is 0 Å². The number of aromatic nitrogens is 1. The molecule has 0 aliphatic carbocycles. The molecule has 0 radical (unpaired) electrons. The van der Waals surface area contributed by atoms with Crippen LogP contribution in [0.5, 0.6) is 0 Å². The second-order valence-electron chi connectivity index (χ2n) is 6.87. The van der Waals surface area contributed by atoms with Crippen LogP contribution in [-0.4, -0.2) is 31.5 Å². The molecule has 0 saturated carbocycles. The van der Waals surface area contributed by atoms with Gasteiger partial charge in [-0.25, -0.2) is 0 Å². The Morgan fingerprint density at radius 2 is 1.78 bits per heavy atom. The molecule has 140 valence electrons. The van der Waals surface area contributed by atoms with Gasteiger partial charge in [-0.3, -0.25) is 9.59 Å². The summed E-state index contributed by atoms with van der Waals surface area (Å²) in [6.07, 6.45) is 1.53. The molecule has 0 saturated heterocycles. The zero-order valence-corrected chi connectivity index (χ0v) is 15.8. The fourth-order valence-electron chi connectivity index (χ4n) is 3.02. The quantitative estimate of drug-likeness (QED) is 0.678. The number of benzene rings is 2. The van der Waals surface area contributed by atoms with Crippen molar-refractivity contribution in [2.75, 3.05) is 25.5 Å². The largest absolute Gasteiger partial charge is 0.378 e. The number of rotatable bonds is 7. The zero-order valence-electron chi connectivity index (χ0n) is 15.8. The standard InChI is InChI=1S/C22H25N3O2/c1-25(2)19-10-7-16(8-11-19)13-14-23-21(26)12-9-18-15-17-5-3-4-6-20(17)24-22(18)27/h3-8,10-11,15H,9,12-14H2,1-2H3,(H,23,26)(H,24,27). The van der Waals surface area contributed by atoms with Crippen LogP contribution in [0.15, 0.2) is 59.4 Å². The van der Waals surface area contributed by atoms with Crippen LogP contribution in [0.1, 0.15) is 17.5 Å². The molecule has 0 unspecified atom stereocenters. The topological polar surface area (TPSA) is 65.2 Å². The van der Waals surface area contributed by atoms with Crippen LogP contribution < -0.4 is 15.8 Å². The Bertz CT molecular complexity index is 975. The number of aromatic amines is 1. The third kappa shape index (κ3) is 4.97. The molecule has 5 heteroatoms. The summed E-state index contributed by atoms with van der Waals surface area (Å²) >= 11 is 0. The number of nitrogens with one attached hydrogen (secondary N) is 2. The molecule has 27 heavy (non-hydrogen) atoms. The first kappa shape index (κ1) is 18.7. The maximum absolute atomic E-state index is 12.1. The van der Waals surface area contributed by atoms with E-state index in [4.69, 9.17) is 0 Å². The zero-order chi connectivity index (χ0) is 19.2. The van der Waals surface area contributed by atoms with Gasteiger partial charge in [0, 0.05) is 43.8 Å². The van der Waals surface area contributed by atoms with E-state index in [2.05, 4.69) is 39.5 Å². The number of aryl methyl sites for hydroxylation is 1. The lowest BCUT2D eigenvalue weighted by atomic mass is 10.1. The van der Waals surface area contributed by atoms with Crippen molar-refractivity contribution in [2.45, 2.75) is 19.3 Å². The molecule has 1 aromatic heterocycles. The van der Waals surface area contributed by atoms with Crippen LogP contribution in [0.4, 0.5) is 5.69 Å². The number of amides is 1. The van der Waals surface area contributed by atoms with Crippen LogP contribution in [0.3, 0.4) is 0 Å². The fraction of sp³-hybridized carbons (Fsp3) is 0.273. The Morgan fingerprint density at radius 1 is 1.04 bits per heavy atom. The summed E-state index contributed by atoms with van der Waals surface area (Å²) in [4.78, 5) is 29.1. The number of fused-ring (bicyclic) bond motifs is 1. The molecule has 0 bridgehead atoms. The van der Waals surface area contributed by atoms with Crippen molar-refractivity contribution in [3.63, 3.8) is 0 Å². The van der Waals surface area contributed by atoms with Gasteiger partial charge in [0.05, 0.1) is 0 Å². The van der Waals surface area contributed by atoms with Crippen molar-refractivity contribution < 1.29 is 4.79 Å². The van der Waals surface area contributed by atoms with Crippen LogP contribution >= 0.6 is 0 Å². The van der Waals surface area contributed by atoms with E-state index in [-0.39, 0.29) is 11.5 Å². The van der Waals surface area contributed by atoms with E-state index >= 15 is 0 Å². The molecule has 2 aromatic carbocycles. The number of para-hydroxylation sites is 1. The van der Waals surface area contributed by atoms with Gasteiger partial charge in [0.1, 0.15) is 0 Å². The summed E-state index contributed by atoms with van der Waals surface area (Å²) in [5.41, 5.74) is 3.68.